The largest absolute Gasteiger partial charge is 0.368 e. The van der Waals surface area contributed by atoms with E-state index >= 15 is 0 Å². The van der Waals surface area contributed by atoms with Crippen LogP contribution >= 0.6 is 15.2 Å². The molecule has 13 heteroatoms. The molecular weight excluding hydrogens is 414 g/mol. The van der Waals surface area contributed by atoms with E-state index in [0.717, 1.165) is 4.90 Å². The van der Waals surface area contributed by atoms with Gasteiger partial charge < -0.3 is 34.4 Å². The van der Waals surface area contributed by atoms with Crippen molar-refractivity contribution in [1.29, 1.82) is 0 Å². The summed E-state index contributed by atoms with van der Waals surface area (Å²) in [6.07, 6.45) is 8.49. The van der Waals surface area contributed by atoms with E-state index < -0.39 is 39.1 Å². The van der Waals surface area contributed by atoms with Gasteiger partial charge in [0.2, 0.25) is 5.91 Å². The second kappa shape index (κ2) is 12.4. The Morgan fingerprint density at radius 3 is 1.82 bits per heavy atom. The minimum atomic E-state index is -4.55. The first-order valence-electron chi connectivity index (χ1n) is 7.95. The maximum Gasteiger partial charge on any atom is 0.339 e. The van der Waals surface area contributed by atoms with Crippen molar-refractivity contribution < 1.29 is 43.0 Å². The van der Waals surface area contributed by atoms with Crippen LogP contribution in [0.2, 0.25) is 0 Å². The zero-order valence-corrected chi connectivity index (χ0v) is 17.3. The molecule has 0 unspecified atom stereocenters. The number of nitrogens with one attached hydrogen (secondary N) is 1. The monoisotopic (exact) mass is 440 g/mol. The Bertz CT molecular complexity index is 630. The molecule has 0 aromatic carbocycles. The smallest absolute Gasteiger partial charge is 0.339 e. The first kappa shape index (κ1) is 26.8. The van der Waals surface area contributed by atoms with Crippen LogP contribution in [0, 0.1) is 30.1 Å². The number of nitrogens with zero attached hydrogens (tertiary/aromatic N) is 1. The van der Waals surface area contributed by atoms with Crippen LogP contribution < -0.4 is 5.32 Å². The highest BCUT2D eigenvalue weighted by molar-refractivity contribution is 7.52. The summed E-state index contributed by atoms with van der Waals surface area (Å²) in [5, 5.41) is 2.53. The van der Waals surface area contributed by atoms with E-state index in [4.69, 9.17) is 41.9 Å². The summed E-state index contributed by atoms with van der Waals surface area (Å²) in [5.74, 6) is 4.03. The Morgan fingerprint density at radius 1 is 1.04 bits per heavy atom. The topological polar surface area (TPSA) is 166 Å². The molecular formula is C15H26N2O9P2. The van der Waals surface area contributed by atoms with Crippen LogP contribution in [-0.2, 0) is 23.4 Å². The first-order chi connectivity index (χ1) is 12.8. The predicted molar refractivity (Wildman–Crippen MR) is 101 cm³/mol. The third-order valence-electron chi connectivity index (χ3n) is 3.24. The van der Waals surface area contributed by atoms with Gasteiger partial charge in [0.25, 0.3) is 0 Å². The molecule has 0 bridgehead atoms. The fourth-order valence-corrected chi connectivity index (χ4v) is 3.77. The fourth-order valence-electron chi connectivity index (χ4n) is 2.09. The molecule has 0 aliphatic heterocycles. The van der Waals surface area contributed by atoms with Gasteiger partial charge >= 0.3 is 15.2 Å². The van der Waals surface area contributed by atoms with E-state index in [0.29, 0.717) is 0 Å². The van der Waals surface area contributed by atoms with Crippen molar-refractivity contribution in [3.05, 3.63) is 0 Å². The lowest BCUT2D eigenvalue weighted by molar-refractivity contribution is -0.137. The third kappa shape index (κ3) is 13.0. The molecule has 0 saturated heterocycles. The van der Waals surface area contributed by atoms with Crippen molar-refractivity contribution in [3.8, 4) is 24.7 Å². The number of ether oxygens (including phenoxy) is 2. The van der Waals surface area contributed by atoms with Gasteiger partial charge in [-0.2, -0.15) is 0 Å². The van der Waals surface area contributed by atoms with Crippen molar-refractivity contribution in [2.45, 2.75) is 6.92 Å². The van der Waals surface area contributed by atoms with E-state index in [1.807, 2.05) is 0 Å². The maximum absolute atomic E-state index is 12.5. The number of hydrogen-bond acceptors (Lipinski definition) is 6. The van der Waals surface area contributed by atoms with Gasteiger partial charge in [-0.25, -0.2) is 0 Å². The highest BCUT2D eigenvalue weighted by Gasteiger charge is 2.34. The molecule has 0 aliphatic rings. The van der Waals surface area contributed by atoms with Crippen LogP contribution in [0.4, 0.5) is 0 Å². The van der Waals surface area contributed by atoms with Crippen LogP contribution in [0.1, 0.15) is 6.92 Å². The zero-order valence-electron chi connectivity index (χ0n) is 15.5. The van der Waals surface area contributed by atoms with Crippen LogP contribution in [0.15, 0.2) is 0 Å². The quantitative estimate of drug-likeness (QED) is 0.128. The molecule has 0 heterocycles. The Kier molecular flexibility index (Phi) is 11.8. The van der Waals surface area contributed by atoms with Crippen molar-refractivity contribution in [2.24, 2.45) is 5.41 Å². The van der Waals surface area contributed by atoms with Crippen LogP contribution in [-0.4, -0.2) is 82.5 Å². The third-order valence-corrected chi connectivity index (χ3v) is 4.78. The molecule has 0 aromatic heterocycles. The average molecular weight is 440 g/mol. The van der Waals surface area contributed by atoms with Gasteiger partial charge in [0, 0.05) is 13.1 Å². The molecule has 0 aromatic rings. The zero-order chi connectivity index (χ0) is 21.8. The van der Waals surface area contributed by atoms with Crippen molar-refractivity contribution in [1.82, 2.24) is 10.2 Å². The second-order valence-electron chi connectivity index (χ2n) is 6.22. The van der Waals surface area contributed by atoms with Crippen LogP contribution in [0.5, 0.6) is 0 Å². The number of carbonyl (C=O) groups excluding carboxylic acids is 1. The Morgan fingerprint density at radius 2 is 1.46 bits per heavy atom. The van der Waals surface area contributed by atoms with Gasteiger partial charge in [0.15, 0.2) is 0 Å². The van der Waals surface area contributed by atoms with Gasteiger partial charge in [-0.05, 0) is 6.92 Å². The van der Waals surface area contributed by atoms with Gasteiger partial charge in [-0.1, -0.05) is 11.8 Å². The average Bonchev–Trinajstić information content (AvgIpc) is 2.52. The molecule has 1 amide bonds. The molecule has 0 atom stereocenters. The Balaban J connectivity index is 4.89. The van der Waals surface area contributed by atoms with Gasteiger partial charge in [-0.3, -0.25) is 18.8 Å². The van der Waals surface area contributed by atoms with Crippen molar-refractivity contribution in [3.63, 3.8) is 0 Å². The molecule has 0 rings (SSSR count). The number of hydrogen-bond donors (Lipinski definition) is 5. The summed E-state index contributed by atoms with van der Waals surface area (Å²) in [6, 6.07) is 0. The number of rotatable bonds is 14. The van der Waals surface area contributed by atoms with Gasteiger partial charge in [0.1, 0.15) is 25.8 Å². The minimum Gasteiger partial charge on any atom is -0.368 e. The lowest BCUT2D eigenvalue weighted by atomic mass is 9.91. The van der Waals surface area contributed by atoms with Crippen molar-refractivity contribution in [2.75, 3.05) is 52.1 Å². The first-order valence-corrected chi connectivity index (χ1v) is 11.5. The summed E-state index contributed by atoms with van der Waals surface area (Å²) in [4.78, 5) is 49.5. The summed E-state index contributed by atoms with van der Waals surface area (Å²) >= 11 is 0. The summed E-state index contributed by atoms with van der Waals surface area (Å²) in [6.45, 7) is 1.06. The standard InChI is InChI=1S/C15H26N2O9P2/c1-4-8-25-10-15(3,11-26-9-5-2)14(18)16-6-7-17(12-27(19,20)21)13-28(22,23)24/h1-2H,6-13H2,3H3,(H,16,18)(H2,19,20,21)(H2,22,23,24). The molecule has 0 spiro atoms. The molecule has 0 fully saturated rings. The van der Waals surface area contributed by atoms with Crippen molar-refractivity contribution >= 4 is 21.1 Å². The lowest BCUT2D eigenvalue weighted by Gasteiger charge is -2.28. The van der Waals surface area contributed by atoms with E-state index in [-0.39, 0.29) is 39.5 Å². The molecule has 0 saturated carbocycles. The predicted octanol–water partition coefficient (Wildman–Crippen LogP) is -1.02. The molecule has 0 radical (unpaired) electrons. The minimum absolute atomic E-state index is 0.0175. The summed E-state index contributed by atoms with van der Waals surface area (Å²) in [5.41, 5.74) is -1.15. The number of carbonyl (C=O) groups is 1. The molecule has 5 N–H and O–H groups in total. The van der Waals surface area contributed by atoms with Gasteiger partial charge in [0.05, 0.1) is 18.6 Å². The highest BCUT2D eigenvalue weighted by atomic mass is 31.2. The SMILES string of the molecule is C#CCOCC(C)(COCC#C)C(=O)NCCN(CP(=O)(O)O)CP(=O)(O)O. The maximum atomic E-state index is 12.5. The van der Waals surface area contributed by atoms with E-state index in [9.17, 15) is 13.9 Å². The number of terminal acetylenes is 2. The molecule has 0 aliphatic carbocycles. The highest BCUT2D eigenvalue weighted by Crippen LogP contribution is 2.40. The van der Waals surface area contributed by atoms with E-state index in [1.165, 1.54) is 0 Å². The Labute approximate surface area is 164 Å². The normalized spacial score (nSPS) is 12.4. The fraction of sp³-hybridized carbons (Fsp3) is 0.667. The number of amides is 1. The lowest BCUT2D eigenvalue weighted by Crippen LogP contribution is -2.47. The van der Waals surface area contributed by atoms with Crippen LogP contribution in [0.25, 0.3) is 0 Å². The summed E-state index contributed by atoms with van der Waals surface area (Å²) < 4.78 is 32.7. The molecule has 28 heavy (non-hydrogen) atoms. The van der Waals surface area contributed by atoms with E-state index in [1.54, 1.807) is 6.92 Å². The van der Waals surface area contributed by atoms with E-state index in [2.05, 4.69) is 17.2 Å². The second-order valence-corrected chi connectivity index (χ2v) is 9.44. The molecule has 11 nitrogen and oxygen atoms in total. The van der Waals surface area contributed by atoms with Crippen LogP contribution in [0.3, 0.4) is 0 Å². The van der Waals surface area contributed by atoms with Gasteiger partial charge in [-0.15, -0.1) is 12.8 Å². The Hall–Kier alpha value is -1.23. The summed E-state index contributed by atoms with van der Waals surface area (Å²) in [7, 11) is -9.10. The molecule has 160 valence electrons.